The van der Waals surface area contributed by atoms with Gasteiger partial charge in [0.25, 0.3) is 0 Å². The molecule has 0 unspecified atom stereocenters. The summed E-state index contributed by atoms with van der Waals surface area (Å²) in [5.74, 6) is 0.453. The number of nitrogen functional groups attached to an aromatic ring is 1. The highest BCUT2D eigenvalue weighted by Crippen LogP contribution is 2.16. The molecule has 1 heterocycles. The SMILES string of the molecule is Nc1c(S)nnn1-c1ccccc1. The van der Waals surface area contributed by atoms with Gasteiger partial charge in [-0.2, -0.15) is 4.68 Å². The molecule has 0 aliphatic heterocycles. The molecule has 1 aromatic heterocycles. The lowest BCUT2D eigenvalue weighted by atomic mass is 10.3. The Labute approximate surface area is 80.8 Å². The number of hydrogen-bond acceptors (Lipinski definition) is 4. The molecule has 0 bridgehead atoms. The van der Waals surface area contributed by atoms with E-state index in [-0.39, 0.29) is 0 Å². The van der Waals surface area contributed by atoms with Crippen molar-refractivity contribution in [1.29, 1.82) is 0 Å². The highest BCUT2D eigenvalue weighted by molar-refractivity contribution is 7.80. The van der Waals surface area contributed by atoms with Gasteiger partial charge in [0.2, 0.25) is 0 Å². The molecule has 0 saturated carbocycles. The zero-order valence-electron chi connectivity index (χ0n) is 6.75. The summed E-state index contributed by atoms with van der Waals surface area (Å²) < 4.78 is 1.54. The lowest BCUT2D eigenvalue weighted by molar-refractivity contribution is 0.801. The first-order valence-corrected chi connectivity index (χ1v) is 4.19. The molecule has 0 aliphatic rings. The molecule has 0 fully saturated rings. The molecular weight excluding hydrogens is 184 g/mol. The Kier molecular flexibility index (Phi) is 1.94. The van der Waals surface area contributed by atoms with Crippen molar-refractivity contribution in [2.45, 2.75) is 5.03 Å². The van der Waals surface area contributed by atoms with Gasteiger partial charge in [-0.25, -0.2) is 0 Å². The molecule has 0 aliphatic carbocycles. The second-order valence-corrected chi connectivity index (χ2v) is 2.97. The van der Waals surface area contributed by atoms with Gasteiger partial charge in [-0.3, -0.25) is 0 Å². The van der Waals surface area contributed by atoms with E-state index in [4.69, 9.17) is 5.73 Å². The van der Waals surface area contributed by atoms with Crippen LogP contribution in [-0.4, -0.2) is 15.0 Å². The minimum Gasteiger partial charge on any atom is -0.381 e. The second-order valence-electron chi connectivity index (χ2n) is 2.55. The molecule has 1 aromatic carbocycles. The number of hydrogen-bond donors (Lipinski definition) is 2. The van der Waals surface area contributed by atoms with Gasteiger partial charge >= 0.3 is 0 Å². The first-order valence-electron chi connectivity index (χ1n) is 3.74. The van der Waals surface area contributed by atoms with E-state index in [0.29, 0.717) is 10.8 Å². The monoisotopic (exact) mass is 192 g/mol. The molecule has 2 rings (SSSR count). The lowest BCUT2D eigenvalue weighted by Gasteiger charge is -2.00. The molecule has 13 heavy (non-hydrogen) atoms. The third-order valence-corrected chi connectivity index (χ3v) is 2.01. The fourth-order valence-electron chi connectivity index (χ4n) is 1.04. The summed E-state index contributed by atoms with van der Waals surface area (Å²) in [6.45, 7) is 0. The maximum atomic E-state index is 5.70. The smallest absolute Gasteiger partial charge is 0.161 e. The molecule has 66 valence electrons. The summed E-state index contributed by atoms with van der Waals surface area (Å²) in [6, 6.07) is 9.55. The maximum Gasteiger partial charge on any atom is 0.161 e. The summed E-state index contributed by atoms with van der Waals surface area (Å²) >= 11 is 4.05. The Bertz CT molecular complexity index is 409. The minimum atomic E-state index is 0.448. The summed E-state index contributed by atoms with van der Waals surface area (Å²) in [4.78, 5) is 0. The van der Waals surface area contributed by atoms with Gasteiger partial charge < -0.3 is 5.73 Å². The fourth-order valence-corrected chi connectivity index (χ4v) is 1.18. The Morgan fingerprint density at radius 2 is 1.92 bits per heavy atom. The lowest BCUT2D eigenvalue weighted by Crippen LogP contribution is -2.01. The maximum absolute atomic E-state index is 5.70. The van der Waals surface area contributed by atoms with Crippen molar-refractivity contribution in [2.24, 2.45) is 0 Å². The Morgan fingerprint density at radius 3 is 2.46 bits per heavy atom. The van der Waals surface area contributed by atoms with Crippen molar-refractivity contribution >= 4 is 18.4 Å². The van der Waals surface area contributed by atoms with Gasteiger partial charge in [0, 0.05) is 0 Å². The second kappa shape index (κ2) is 3.10. The molecule has 5 heteroatoms. The molecule has 0 atom stereocenters. The van der Waals surface area contributed by atoms with Crippen LogP contribution >= 0.6 is 12.6 Å². The highest BCUT2D eigenvalue weighted by atomic mass is 32.1. The van der Waals surface area contributed by atoms with E-state index >= 15 is 0 Å². The quantitative estimate of drug-likeness (QED) is 0.666. The van der Waals surface area contributed by atoms with Gasteiger partial charge in [0.05, 0.1) is 5.69 Å². The van der Waals surface area contributed by atoms with Crippen LogP contribution < -0.4 is 5.73 Å². The van der Waals surface area contributed by atoms with Crippen LogP contribution in [0.4, 0.5) is 5.82 Å². The van der Waals surface area contributed by atoms with E-state index in [1.165, 1.54) is 0 Å². The summed E-state index contributed by atoms with van der Waals surface area (Å²) in [5.41, 5.74) is 6.58. The van der Waals surface area contributed by atoms with Crippen LogP contribution in [-0.2, 0) is 0 Å². The van der Waals surface area contributed by atoms with E-state index < -0.39 is 0 Å². The van der Waals surface area contributed by atoms with Crippen molar-refractivity contribution < 1.29 is 0 Å². The molecule has 0 spiro atoms. The van der Waals surface area contributed by atoms with Crippen molar-refractivity contribution in [3.8, 4) is 5.69 Å². The third kappa shape index (κ3) is 1.38. The van der Waals surface area contributed by atoms with Gasteiger partial charge in [0.15, 0.2) is 10.8 Å². The first-order chi connectivity index (χ1) is 6.29. The predicted molar refractivity (Wildman–Crippen MR) is 53.0 cm³/mol. The van der Waals surface area contributed by atoms with Gasteiger partial charge in [-0.1, -0.05) is 23.4 Å². The van der Waals surface area contributed by atoms with Crippen LogP contribution in [0.5, 0.6) is 0 Å². The molecule has 4 nitrogen and oxygen atoms in total. The fraction of sp³-hybridized carbons (Fsp3) is 0. The molecule has 0 radical (unpaired) electrons. The number of para-hydroxylation sites is 1. The van der Waals surface area contributed by atoms with Crippen molar-refractivity contribution in [3.63, 3.8) is 0 Å². The molecule has 0 amide bonds. The first kappa shape index (κ1) is 8.12. The van der Waals surface area contributed by atoms with Crippen LogP contribution in [0.15, 0.2) is 35.4 Å². The van der Waals surface area contributed by atoms with Crippen LogP contribution in [0.3, 0.4) is 0 Å². The Hall–Kier alpha value is -1.49. The molecule has 2 N–H and O–H groups in total. The van der Waals surface area contributed by atoms with Crippen LogP contribution in [0, 0.1) is 0 Å². The van der Waals surface area contributed by atoms with E-state index in [9.17, 15) is 0 Å². The van der Waals surface area contributed by atoms with Gasteiger partial charge in [0.1, 0.15) is 0 Å². The van der Waals surface area contributed by atoms with Crippen molar-refractivity contribution in [3.05, 3.63) is 30.3 Å². The van der Waals surface area contributed by atoms with Crippen molar-refractivity contribution in [2.75, 3.05) is 5.73 Å². The zero-order chi connectivity index (χ0) is 9.26. The largest absolute Gasteiger partial charge is 0.381 e. The standard InChI is InChI=1S/C8H8N4S/c9-7-8(13)10-11-12(7)6-4-2-1-3-5-6/h1-5,13H,9H2. The normalized spacial score (nSPS) is 10.2. The van der Waals surface area contributed by atoms with E-state index in [1.54, 1.807) is 4.68 Å². The number of benzene rings is 1. The summed E-state index contributed by atoms with van der Waals surface area (Å²) in [6.07, 6.45) is 0. The molecule has 2 aromatic rings. The van der Waals surface area contributed by atoms with E-state index in [1.807, 2.05) is 30.3 Å². The van der Waals surface area contributed by atoms with Gasteiger partial charge in [-0.05, 0) is 12.1 Å². The molecular formula is C8H8N4S. The number of nitrogens with two attached hydrogens (primary N) is 1. The third-order valence-electron chi connectivity index (χ3n) is 1.69. The summed E-state index contributed by atoms with van der Waals surface area (Å²) in [7, 11) is 0. The number of anilines is 1. The Balaban J connectivity index is 2.53. The number of aromatic nitrogens is 3. The number of rotatable bonds is 1. The minimum absolute atomic E-state index is 0.448. The average molecular weight is 192 g/mol. The number of thiol groups is 1. The van der Waals surface area contributed by atoms with E-state index in [0.717, 1.165) is 5.69 Å². The van der Waals surface area contributed by atoms with Crippen LogP contribution in [0.25, 0.3) is 5.69 Å². The topological polar surface area (TPSA) is 56.7 Å². The zero-order valence-corrected chi connectivity index (χ0v) is 7.65. The van der Waals surface area contributed by atoms with Gasteiger partial charge in [-0.15, -0.1) is 17.7 Å². The summed E-state index contributed by atoms with van der Waals surface area (Å²) in [5, 5.41) is 8.04. The molecule has 0 saturated heterocycles. The van der Waals surface area contributed by atoms with E-state index in [2.05, 4.69) is 22.9 Å². The number of nitrogens with zero attached hydrogens (tertiary/aromatic N) is 3. The Morgan fingerprint density at radius 1 is 1.23 bits per heavy atom. The predicted octanol–water partition coefficient (Wildman–Crippen LogP) is 1.14. The van der Waals surface area contributed by atoms with Crippen LogP contribution in [0.1, 0.15) is 0 Å². The van der Waals surface area contributed by atoms with Crippen LogP contribution in [0.2, 0.25) is 0 Å². The van der Waals surface area contributed by atoms with Crippen molar-refractivity contribution in [1.82, 2.24) is 15.0 Å². The average Bonchev–Trinajstić information content (AvgIpc) is 2.49. The highest BCUT2D eigenvalue weighted by Gasteiger charge is 2.06.